The molecule has 0 spiro atoms. The average Bonchev–Trinajstić information content (AvgIpc) is 4.03. The van der Waals surface area contributed by atoms with Gasteiger partial charge in [0.25, 0.3) is 0 Å². The average molecular weight is 850 g/mol. The molecule has 13 rings (SSSR count). The molecule has 12 aromatic rings. The van der Waals surface area contributed by atoms with Gasteiger partial charge >= 0.3 is 0 Å². The van der Waals surface area contributed by atoms with Crippen molar-refractivity contribution in [3.05, 3.63) is 259 Å². The molecule has 0 fully saturated rings. The third-order valence-corrected chi connectivity index (χ3v) is 15.7. The van der Waals surface area contributed by atoms with Crippen LogP contribution < -0.4 is 4.90 Å². The molecule has 1 aliphatic carbocycles. The Morgan fingerprint density at radius 1 is 0.297 bits per heavy atom. The van der Waals surface area contributed by atoms with E-state index < -0.39 is 5.41 Å². The molecule has 0 unspecified atom stereocenters. The maximum atomic E-state index is 2.43. The zero-order valence-corrected chi connectivity index (χ0v) is 36.4. The van der Waals surface area contributed by atoms with Crippen molar-refractivity contribution in [1.29, 1.82) is 0 Å². The fourth-order valence-electron chi connectivity index (χ4n) is 10.5. The van der Waals surface area contributed by atoms with Gasteiger partial charge in [-0.25, -0.2) is 0 Å². The highest BCUT2D eigenvalue weighted by Crippen LogP contribution is 2.57. The van der Waals surface area contributed by atoms with Crippen LogP contribution in [0.5, 0.6) is 0 Å². The number of rotatable bonds is 7. The summed E-state index contributed by atoms with van der Waals surface area (Å²) in [5.41, 5.74) is 15.5. The molecule has 0 amide bonds. The van der Waals surface area contributed by atoms with Gasteiger partial charge in [0.1, 0.15) is 0 Å². The first-order chi connectivity index (χ1) is 31.7. The number of hydrogen-bond acceptors (Lipinski definition) is 3. The van der Waals surface area contributed by atoms with Gasteiger partial charge in [0.2, 0.25) is 0 Å². The molecule has 2 aromatic heterocycles. The Kier molecular flexibility index (Phi) is 8.55. The van der Waals surface area contributed by atoms with E-state index in [1.165, 1.54) is 96.0 Å². The second-order valence-electron chi connectivity index (χ2n) is 16.8. The third kappa shape index (κ3) is 5.68. The van der Waals surface area contributed by atoms with Crippen LogP contribution in [0.25, 0.3) is 73.7 Å². The molecule has 0 atom stereocenters. The van der Waals surface area contributed by atoms with Gasteiger partial charge in [0.05, 0.1) is 5.41 Å². The molecule has 0 radical (unpaired) electrons. The Labute approximate surface area is 380 Å². The number of nitrogens with zero attached hydrogens (tertiary/aromatic N) is 1. The van der Waals surface area contributed by atoms with Crippen LogP contribution in [0.3, 0.4) is 0 Å². The first-order valence-electron chi connectivity index (χ1n) is 21.9. The Morgan fingerprint density at radius 3 is 1.53 bits per heavy atom. The largest absolute Gasteiger partial charge is 0.310 e. The van der Waals surface area contributed by atoms with Crippen molar-refractivity contribution >= 4 is 80.1 Å². The second kappa shape index (κ2) is 14.8. The highest BCUT2D eigenvalue weighted by molar-refractivity contribution is 7.26. The van der Waals surface area contributed by atoms with Crippen molar-refractivity contribution in [2.24, 2.45) is 0 Å². The number of anilines is 3. The van der Waals surface area contributed by atoms with E-state index in [4.69, 9.17) is 0 Å². The van der Waals surface area contributed by atoms with Gasteiger partial charge in [-0.05, 0) is 110 Å². The lowest BCUT2D eigenvalue weighted by Crippen LogP contribution is -2.28. The minimum atomic E-state index is -0.454. The van der Waals surface area contributed by atoms with Crippen LogP contribution in [0.1, 0.15) is 22.3 Å². The van der Waals surface area contributed by atoms with E-state index in [2.05, 4.69) is 241 Å². The lowest BCUT2D eigenvalue weighted by atomic mass is 9.68. The Hall–Kier alpha value is -7.56. The monoisotopic (exact) mass is 849 g/mol. The Bertz CT molecular complexity index is 3670. The summed E-state index contributed by atoms with van der Waals surface area (Å²) in [5.74, 6) is 0. The van der Waals surface area contributed by atoms with Crippen LogP contribution in [0.15, 0.2) is 237 Å². The summed E-state index contributed by atoms with van der Waals surface area (Å²) < 4.78 is 5.29. The Morgan fingerprint density at radius 2 is 0.812 bits per heavy atom. The number of thiophene rings is 2. The molecule has 300 valence electrons. The molecule has 0 N–H and O–H groups in total. The van der Waals surface area contributed by atoms with Crippen LogP contribution in [-0.4, -0.2) is 0 Å². The summed E-state index contributed by atoms with van der Waals surface area (Å²) in [6.45, 7) is 0. The summed E-state index contributed by atoms with van der Waals surface area (Å²) in [6.07, 6.45) is 0. The number of hydrogen-bond donors (Lipinski definition) is 0. The fraction of sp³-hybridized carbons (Fsp3) is 0.0164. The first-order valence-corrected chi connectivity index (χ1v) is 23.5. The predicted octanol–water partition coefficient (Wildman–Crippen LogP) is 17.6. The lowest BCUT2D eigenvalue weighted by Gasteiger charge is -2.34. The molecule has 0 saturated carbocycles. The zero-order chi connectivity index (χ0) is 42.2. The van der Waals surface area contributed by atoms with Gasteiger partial charge in [-0.2, -0.15) is 0 Å². The predicted molar refractivity (Wildman–Crippen MR) is 275 cm³/mol. The molecule has 2 heterocycles. The van der Waals surface area contributed by atoms with Crippen LogP contribution in [-0.2, 0) is 5.41 Å². The summed E-state index contributed by atoms with van der Waals surface area (Å²) in [7, 11) is 0. The van der Waals surface area contributed by atoms with E-state index in [1.807, 2.05) is 22.7 Å². The van der Waals surface area contributed by atoms with Crippen LogP contribution in [0, 0.1) is 0 Å². The molecule has 1 aliphatic rings. The maximum Gasteiger partial charge on any atom is 0.0713 e. The van der Waals surface area contributed by atoms with E-state index in [0.29, 0.717) is 0 Å². The van der Waals surface area contributed by atoms with Crippen LogP contribution in [0.4, 0.5) is 17.1 Å². The summed E-state index contributed by atoms with van der Waals surface area (Å²) >= 11 is 3.75. The minimum absolute atomic E-state index is 0.454. The molecule has 1 nitrogen and oxygen atoms in total. The molecule has 3 heteroatoms. The van der Waals surface area contributed by atoms with Crippen LogP contribution >= 0.6 is 22.7 Å². The molecular formula is C61H39NS2. The standard InChI is InChI=1S/C61H39NS2/c1-3-14-43(15-4-1)61(44-16-5-2-6-17-44)55-23-10-7-18-49(55)54-39-47(35-37-56(54)61)62(45-31-26-40(27-32-45)42-30-36-52-50-19-8-11-24-57(50)63-59(52)38-42)46-33-28-41(29-34-46)48-21-13-22-53-51-20-9-12-25-58(51)64-60(48)53/h1-39H. The summed E-state index contributed by atoms with van der Waals surface area (Å²) in [6, 6.07) is 87.7. The van der Waals surface area contributed by atoms with Gasteiger partial charge in [-0.15, -0.1) is 22.7 Å². The van der Waals surface area contributed by atoms with E-state index in [1.54, 1.807) is 0 Å². The van der Waals surface area contributed by atoms with Crippen molar-refractivity contribution in [3.8, 4) is 33.4 Å². The van der Waals surface area contributed by atoms with Gasteiger partial charge in [0.15, 0.2) is 0 Å². The van der Waals surface area contributed by atoms with Crippen molar-refractivity contribution in [3.63, 3.8) is 0 Å². The normalized spacial score (nSPS) is 12.8. The highest BCUT2D eigenvalue weighted by Gasteiger charge is 2.46. The molecule has 64 heavy (non-hydrogen) atoms. The van der Waals surface area contributed by atoms with Crippen molar-refractivity contribution in [2.45, 2.75) is 5.41 Å². The Balaban J connectivity index is 0.965. The van der Waals surface area contributed by atoms with E-state index in [9.17, 15) is 0 Å². The van der Waals surface area contributed by atoms with Crippen LogP contribution in [0.2, 0.25) is 0 Å². The van der Waals surface area contributed by atoms with Gasteiger partial charge in [-0.1, -0.05) is 182 Å². The molecule has 0 bridgehead atoms. The first kappa shape index (κ1) is 37.0. The van der Waals surface area contributed by atoms with Gasteiger partial charge in [0, 0.05) is 57.4 Å². The summed E-state index contributed by atoms with van der Waals surface area (Å²) in [5, 5.41) is 5.28. The van der Waals surface area contributed by atoms with Crippen molar-refractivity contribution < 1.29 is 0 Å². The summed E-state index contributed by atoms with van der Waals surface area (Å²) in [4.78, 5) is 2.43. The second-order valence-corrected chi connectivity index (χ2v) is 18.9. The van der Waals surface area contributed by atoms with Gasteiger partial charge < -0.3 is 4.90 Å². The molecular weight excluding hydrogens is 811 g/mol. The molecule has 0 saturated heterocycles. The topological polar surface area (TPSA) is 3.24 Å². The molecule has 10 aromatic carbocycles. The number of fused-ring (bicyclic) bond motifs is 9. The quantitative estimate of drug-likeness (QED) is 0.154. The van der Waals surface area contributed by atoms with E-state index in [-0.39, 0.29) is 0 Å². The smallest absolute Gasteiger partial charge is 0.0713 e. The zero-order valence-electron chi connectivity index (χ0n) is 34.8. The maximum absolute atomic E-state index is 2.43. The lowest BCUT2D eigenvalue weighted by molar-refractivity contribution is 0.768. The third-order valence-electron chi connectivity index (χ3n) is 13.4. The van der Waals surface area contributed by atoms with Gasteiger partial charge in [-0.3, -0.25) is 0 Å². The van der Waals surface area contributed by atoms with Crippen molar-refractivity contribution in [2.75, 3.05) is 4.90 Å². The number of benzene rings is 10. The minimum Gasteiger partial charge on any atom is -0.310 e. The van der Waals surface area contributed by atoms with Crippen molar-refractivity contribution in [1.82, 2.24) is 0 Å². The fourth-order valence-corrected chi connectivity index (χ4v) is 12.9. The highest BCUT2D eigenvalue weighted by atomic mass is 32.1. The molecule has 0 aliphatic heterocycles. The SMILES string of the molecule is c1ccc(C2(c3ccccc3)c3ccccc3-c3cc(N(c4ccc(-c5ccc6c(c5)sc5ccccc56)cc4)c4ccc(-c5cccc6c5sc5ccccc56)cc4)ccc32)cc1. The van der Waals surface area contributed by atoms with E-state index >= 15 is 0 Å². The van der Waals surface area contributed by atoms with E-state index in [0.717, 1.165) is 17.1 Å².